The molecule has 0 aliphatic rings. The molecule has 5 nitrogen and oxygen atoms in total. The number of esters is 1. The van der Waals surface area contributed by atoms with E-state index in [4.69, 9.17) is 9.15 Å². The number of carbonyl (C=O) groups is 1. The van der Waals surface area contributed by atoms with Gasteiger partial charge in [0.1, 0.15) is 5.82 Å². The van der Waals surface area contributed by atoms with Crippen molar-refractivity contribution in [3.05, 3.63) is 58.4 Å². The van der Waals surface area contributed by atoms with Gasteiger partial charge in [0.2, 0.25) is 5.89 Å². The Hall–Kier alpha value is -2.54. The van der Waals surface area contributed by atoms with E-state index in [0.29, 0.717) is 11.1 Å². The smallest absolute Gasteiger partial charge is 0.339 e. The molecule has 0 aliphatic heterocycles. The summed E-state index contributed by atoms with van der Waals surface area (Å²) in [6, 6.07) is 7.36. The highest BCUT2D eigenvalue weighted by Crippen LogP contribution is 2.23. The predicted molar refractivity (Wildman–Crippen MR) is 77.8 cm³/mol. The third-order valence-corrected chi connectivity index (χ3v) is 3.60. The summed E-state index contributed by atoms with van der Waals surface area (Å²) in [6.07, 6.45) is -0.672. The van der Waals surface area contributed by atoms with Crippen molar-refractivity contribution in [2.45, 2.75) is 13.0 Å². The van der Waals surface area contributed by atoms with E-state index in [1.165, 1.54) is 35.6 Å². The Morgan fingerprint density at radius 1 is 1.27 bits per heavy atom. The quantitative estimate of drug-likeness (QED) is 0.684. The van der Waals surface area contributed by atoms with E-state index in [1.54, 1.807) is 23.8 Å². The van der Waals surface area contributed by atoms with E-state index in [9.17, 15) is 9.18 Å². The van der Waals surface area contributed by atoms with E-state index >= 15 is 0 Å². The molecule has 22 heavy (non-hydrogen) atoms. The summed E-state index contributed by atoms with van der Waals surface area (Å²) in [5.41, 5.74) is 1.08. The Morgan fingerprint density at radius 3 is 2.73 bits per heavy atom. The van der Waals surface area contributed by atoms with Gasteiger partial charge in [-0.15, -0.1) is 10.2 Å². The van der Waals surface area contributed by atoms with Crippen LogP contribution in [-0.4, -0.2) is 16.2 Å². The molecule has 0 fully saturated rings. The minimum Gasteiger partial charge on any atom is -0.449 e. The number of rotatable bonds is 4. The number of benzene rings is 1. The van der Waals surface area contributed by atoms with Gasteiger partial charge < -0.3 is 9.15 Å². The fourth-order valence-electron chi connectivity index (χ4n) is 1.77. The molecule has 0 amide bonds. The van der Waals surface area contributed by atoms with Crippen molar-refractivity contribution < 1.29 is 18.3 Å². The van der Waals surface area contributed by atoms with Gasteiger partial charge in [0, 0.05) is 10.9 Å². The Bertz CT molecular complexity index is 768. The van der Waals surface area contributed by atoms with Crippen LogP contribution in [0.4, 0.5) is 4.39 Å². The van der Waals surface area contributed by atoms with Gasteiger partial charge in [0.05, 0.1) is 5.56 Å². The number of carbonyl (C=O) groups excluding carboxylic acids is 1. The number of hydrogen-bond acceptors (Lipinski definition) is 6. The molecular formula is C15H11FN2O3S. The monoisotopic (exact) mass is 318 g/mol. The molecule has 0 saturated heterocycles. The summed E-state index contributed by atoms with van der Waals surface area (Å²) in [6.45, 7) is 1.65. The molecule has 0 unspecified atom stereocenters. The Labute approximate surface area is 129 Å². The van der Waals surface area contributed by atoms with Crippen LogP contribution < -0.4 is 0 Å². The number of ether oxygens (including phenoxy) is 1. The molecule has 112 valence electrons. The Morgan fingerprint density at radius 2 is 2.05 bits per heavy atom. The van der Waals surface area contributed by atoms with Crippen molar-refractivity contribution in [2.24, 2.45) is 0 Å². The number of nitrogens with zero attached hydrogens (tertiary/aromatic N) is 2. The van der Waals surface area contributed by atoms with Crippen molar-refractivity contribution in [2.75, 3.05) is 0 Å². The molecule has 3 rings (SSSR count). The summed E-state index contributed by atoms with van der Waals surface area (Å²) >= 11 is 1.41. The second-order valence-corrected chi connectivity index (χ2v) is 5.29. The lowest BCUT2D eigenvalue weighted by molar-refractivity contribution is 0.0280. The van der Waals surface area contributed by atoms with Crippen LogP contribution in [-0.2, 0) is 4.74 Å². The minimum absolute atomic E-state index is 0.183. The highest BCUT2D eigenvalue weighted by atomic mass is 32.1. The summed E-state index contributed by atoms with van der Waals surface area (Å²) in [4.78, 5) is 11.9. The van der Waals surface area contributed by atoms with Crippen molar-refractivity contribution >= 4 is 17.3 Å². The lowest BCUT2D eigenvalue weighted by Gasteiger charge is -2.07. The van der Waals surface area contributed by atoms with Crippen LogP contribution in [0.2, 0.25) is 0 Å². The fourth-order valence-corrected chi connectivity index (χ4v) is 2.39. The van der Waals surface area contributed by atoms with Crippen molar-refractivity contribution in [1.29, 1.82) is 0 Å². The van der Waals surface area contributed by atoms with Gasteiger partial charge in [-0.2, -0.15) is 11.3 Å². The van der Waals surface area contributed by atoms with Crippen LogP contribution in [0.5, 0.6) is 0 Å². The van der Waals surface area contributed by atoms with E-state index < -0.39 is 12.1 Å². The molecule has 3 aromatic rings. The van der Waals surface area contributed by atoms with Gasteiger partial charge in [-0.1, -0.05) is 0 Å². The second-order valence-electron chi connectivity index (χ2n) is 4.51. The highest BCUT2D eigenvalue weighted by molar-refractivity contribution is 7.08. The first kappa shape index (κ1) is 14.4. The van der Waals surface area contributed by atoms with Crippen LogP contribution in [0.1, 0.15) is 29.3 Å². The normalized spacial score (nSPS) is 12.1. The second kappa shape index (κ2) is 6.07. The maximum Gasteiger partial charge on any atom is 0.339 e. The molecular weight excluding hydrogens is 307 g/mol. The van der Waals surface area contributed by atoms with Crippen LogP contribution in [0.3, 0.4) is 0 Å². The fraction of sp³-hybridized carbons (Fsp3) is 0.133. The van der Waals surface area contributed by atoms with Gasteiger partial charge in [-0.05, 0) is 42.6 Å². The molecule has 1 aromatic carbocycles. The largest absolute Gasteiger partial charge is 0.449 e. The first-order valence-electron chi connectivity index (χ1n) is 6.46. The van der Waals surface area contributed by atoms with Crippen LogP contribution >= 0.6 is 11.3 Å². The van der Waals surface area contributed by atoms with Crippen molar-refractivity contribution in [3.63, 3.8) is 0 Å². The Kier molecular flexibility index (Phi) is 3.97. The number of halogens is 1. The van der Waals surface area contributed by atoms with Crippen LogP contribution in [0, 0.1) is 5.82 Å². The van der Waals surface area contributed by atoms with E-state index in [0.717, 1.165) is 0 Å². The van der Waals surface area contributed by atoms with E-state index in [-0.39, 0.29) is 17.6 Å². The topological polar surface area (TPSA) is 65.2 Å². The van der Waals surface area contributed by atoms with Crippen molar-refractivity contribution in [3.8, 4) is 11.5 Å². The van der Waals surface area contributed by atoms with Gasteiger partial charge in [0.15, 0.2) is 6.10 Å². The molecule has 1 atom stereocenters. The third-order valence-electron chi connectivity index (χ3n) is 2.92. The average molecular weight is 318 g/mol. The molecule has 0 N–H and O–H groups in total. The molecule has 0 aliphatic carbocycles. The molecule has 2 heterocycles. The molecule has 0 radical (unpaired) electrons. The summed E-state index contributed by atoms with van der Waals surface area (Å²) in [5, 5.41) is 11.2. The first-order valence-corrected chi connectivity index (χ1v) is 7.40. The molecule has 2 aromatic heterocycles. The summed E-state index contributed by atoms with van der Waals surface area (Å²) in [5.74, 6) is -0.367. The van der Waals surface area contributed by atoms with Gasteiger partial charge >= 0.3 is 5.97 Å². The zero-order chi connectivity index (χ0) is 15.5. The molecule has 0 saturated carbocycles. The SMILES string of the molecule is C[C@@H](OC(=O)c1ccsc1)c1nnc(-c2ccc(F)cc2)o1. The molecule has 0 bridgehead atoms. The first-order chi connectivity index (χ1) is 10.6. The van der Waals surface area contributed by atoms with Gasteiger partial charge in [-0.25, -0.2) is 9.18 Å². The zero-order valence-electron chi connectivity index (χ0n) is 11.5. The van der Waals surface area contributed by atoms with E-state index in [2.05, 4.69) is 10.2 Å². The third kappa shape index (κ3) is 3.04. The lowest BCUT2D eigenvalue weighted by atomic mass is 10.2. The average Bonchev–Trinajstić information content (AvgIpc) is 3.20. The van der Waals surface area contributed by atoms with Gasteiger partial charge in [0.25, 0.3) is 5.89 Å². The number of aromatic nitrogens is 2. The molecule has 0 spiro atoms. The minimum atomic E-state index is -0.672. The highest BCUT2D eigenvalue weighted by Gasteiger charge is 2.20. The molecule has 7 heteroatoms. The van der Waals surface area contributed by atoms with E-state index in [1.807, 2.05) is 0 Å². The Balaban J connectivity index is 1.73. The standard InChI is InChI=1S/C15H11FN2O3S/c1-9(20-15(19)11-6-7-22-8-11)13-17-18-14(21-13)10-2-4-12(16)5-3-10/h2-9H,1H3/t9-/m1/s1. The van der Waals surface area contributed by atoms with Crippen LogP contribution in [0.25, 0.3) is 11.5 Å². The maximum atomic E-state index is 12.9. The van der Waals surface area contributed by atoms with Gasteiger partial charge in [-0.3, -0.25) is 0 Å². The maximum absolute atomic E-state index is 12.9. The number of thiophene rings is 1. The number of hydrogen-bond donors (Lipinski definition) is 0. The van der Waals surface area contributed by atoms with Crippen molar-refractivity contribution in [1.82, 2.24) is 10.2 Å². The predicted octanol–water partition coefficient (Wildman–Crippen LogP) is 3.86. The lowest BCUT2D eigenvalue weighted by Crippen LogP contribution is -2.08. The summed E-state index contributed by atoms with van der Waals surface area (Å²) < 4.78 is 23.6. The zero-order valence-corrected chi connectivity index (χ0v) is 12.3. The summed E-state index contributed by atoms with van der Waals surface area (Å²) in [7, 11) is 0. The van der Waals surface area contributed by atoms with Crippen LogP contribution in [0.15, 0.2) is 45.5 Å².